The lowest BCUT2D eigenvalue weighted by molar-refractivity contribution is -0.120. The minimum Gasteiger partial charge on any atom is -0.484 e. The van der Waals surface area contributed by atoms with Gasteiger partial charge in [-0.2, -0.15) is 0 Å². The number of hydrogen-bond acceptors (Lipinski definition) is 5. The number of para-hydroxylation sites is 1. The van der Waals surface area contributed by atoms with Crippen LogP contribution in [0.2, 0.25) is 0 Å². The Hall–Kier alpha value is -4.07. The molecule has 0 saturated carbocycles. The lowest BCUT2D eigenvalue weighted by atomic mass is 10.2. The van der Waals surface area contributed by atoms with Crippen LogP contribution in [0.25, 0.3) is 5.65 Å². The molecule has 3 heterocycles. The van der Waals surface area contributed by atoms with Crippen LogP contribution in [0.1, 0.15) is 28.7 Å². The highest BCUT2D eigenvalue weighted by Gasteiger charge is 2.22. The second kappa shape index (κ2) is 9.60. The number of carbonyl (C=O) groups excluding carboxylic acids is 2. The maximum Gasteiger partial charge on any atom is 0.265 e. The molecule has 0 N–H and O–H groups in total. The van der Waals surface area contributed by atoms with Crippen molar-refractivity contribution < 1.29 is 18.7 Å². The monoisotopic (exact) mass is 446 g/mol. The summed E-state index contributed by atoms with van der Waals surface area (Å²) >= 11 is 0. The molecule has 3 aromatic heterocycles. The number of amides is 2. The number of nitrogens with zero attached hydrogens (tertiary/aromatic N) is 4. The fourth-order valence-electron chi connectivity index (χ4n) is 3.61. The lowest BCUT2D eigenvalue weighted by Gasteiger charge is -2.19. The van der Waals surface area contributed by atoms with Gasteiger partial charge in [-0.25, -0.2) is 4.98 Å². The van der Waals surface area contributed by atoms with Crippen LogP contribution < -0.4 is 9.64 Å². The van der Waals surface area contributed by atoms with Crippen molar-refractivity contribution in [2.24, 2.45) is 0 Å². The van der Waals surface area contributed by atoms with Crippen LogP contribution in [-0.4, -0.2) is 46.8 Å². The minimum absolute atomic E-state index is 0.110. The van der Waals surface area contributed by atoms with Gasteiger partial charge in [0.1, 0.15) is 23.0 Å². The van der Waals surface area contributed by atoms with Crippen molar-refractivity contribution in [2.45, 2.75) is 19.9 Å². The van der Waals surface area contributed by atoms with Gasteiger partial charge in [0.2, 0.25) is 0 Å². The van der Waals surface area contributed by atoms with Gasteiger partial charge in [0, 0.05) is 20.3 Å². The maximum absolute atomic E-state index is 13.0. The van der Waals surface area contributed by atoms with E-state index in [1.807, 2.05) is 31.2 Å². The van der Waals surface area contributed by atoms with E-state index in [2.05, 4.69) is 4.98 Å². The highest BCUT2D eigenvalue weighted by Crippen LogP contribution is 2.24. The molecule has 0 spiro atoms. The second-order valence-corrected chi connectivity index (χ2v) is 7.68. The fourth-order valence-corrected chi connectivity index (χ4v) is 3.61. The van der Waals surface area contributed by atoms with Crippen LogP contribution in [0, 0.1) is 0 Å². The number of ether oxygens (including phenoxy) is 1. The largest absolute Gasteiger partial charge is 0.484 e. The smallest absolute Gasteiger partial charge is 0.265 e. The molecule has 2 amide bonds. The first-order valence-electron chi connectivity index (χ1n) is 10.7. The summed E-state index contributed by atoms with van der Waals surface area (Å²) in [6, 6.07) is 16.3. The number of pyridine rings is 1. The molecule has 0 bridgehead atoms. The number of furan rings is 1. The average Bonchev–Trinajstić information content (AvgIpc) is 3.49. The molecule has 8 nitrogen and oxygen atoms in total. The van der Waals surface area contributed by atoms with Crippen molar-refractivity contribution in [3.8, 4) is 5.75 Å². The Morgan fingerprint density at radius 2 is 1.85 bits per heavy atom. The van der Waals surface area contributed by atoms with E-state index in [0.29, 0.717) is 41.5 Å². The number of aromatic nitrogens is 2. The molecule has 1 aromatic carbocycles. The molecule has 0 aliphatic carbocycles. The normalized spacial score (nSPS) is 10.9. The number of fused-ring (bicyclic) bond motifs is 1. The summed E-state index contributed by atoms with van der Waals surface area (Å²) in [5.74, 6) is 1.57. The molecule has 0 aliphatic heterocycles. The van der Waals surface area contributed by atoms with Crippen molar-refractivity contribution in [3.05, 3.63) is 84.1 Å². The molecule has 8 heteroatoms. The third-order valence-corrected chi connectivity index (χ3v) is 5.36. The van der Waals surface area contributed by atoms with Crippen LogP contribution in [0.15, 0.2) is 71.5 Å². The summed E-state index contributed by atoms with van der Waals surface area (Å²) < 4.78 is 12.8. The molecule has 0 radical (unpaired) electrons. The van der Waals surface area contributed by atoms with Crippen LogP contribution in [-0.2, 0) is 17.8 Å². The Bertz CT molecular complexity index is 1250. The Morgan fingerprint density at radius 3 is 2.55 bits per heavy atom. The molecule has 4 rings (SSSR count). The predicted octanol–water partition coefficient (Wildman–Crippen LogP) is 3.80. The Kier molecular flexibility index (Phi) is 6.44. The summed E-state index contributed by atoms with van der Waals surface area (Å²) in [6.45, 7) is 2.23. The van der Waals surface area contributed by atoms with E-state index in [0.717, 1.165) is 5.69 Å². The summed E-state index contributed by atoms with van der Waals surface area (Å²) in [6.07, 6.45) is 3.94. The fraction of sp³-hybridized carbons (Fsp3) is 0.240. The third-order valence-electron chi connectivity index (χ3n) is 5.36. The second-order valence-electron chi connectivity index (χ2n) is 7.68. The molecule has 0 unspecified atom stereocenters. The first-order valence-corrected chi connectivity index (χ1v) is 10.7. The minimum atomic E-state index is -0.220. The Balaban J connectivity index is 1.58. The molecule has 170 valence electrons. The molecule has 0 saturated heterocycles. The summed E-state index contributed by atoms with van der Waals surface area (Å²) in [5, 5.41) is 0. The van der Waals surface area contributed by atoms with Crippen LogP contribution in [0.4, 0.5) is 5.82 Å². The lowest BCUT2D eigenvalue weighted by Crippen LogP contribution is -2.33. The molecule has 33 heavy (non-hydrogen) atoms. The van der Waals surface area contributed by atoms with Gasteiger partial charge in [0.15, 0.2) is 6.61 Å². The van der Waals surface area contributed by atoms with E-state index in [-0.39, 0.29) is 18.4 Å². The molecule has 0 atom stereocenters. The summed E-state index contributed by atoms with van der Waals surface area (Å²) in [5.41, 5.74) is 1.91. The SMILES string of the molecule is CCc1nc2ccc(C(=O)N(C)Cc3ccco3)cn2c1N(C)C(=O)COc1ccccc1. The number of anilines is 1. The standard InChI is InChI=1S/C25H26N4O4/c1-4-21-24(28(3)23(30)17-33-19-9-6-5-7-10-19)29-15-18(12-13-22(29)26-21)25(31)27(2)16-20-11-8-14-32-20/h5-15H,4,16-17H2,1-3H3. The Labute approximate surface area is 192 Å². The maximum atomic E-state index is 13.0. The zero-order valence-electron chi connectivity index (χ0n) is 18.9. The van der Waals surface area contributed by atoms with Gasteiger partial charge in [0.25, 0.3) is 11.8 Å². The van der Waals surface area contributed by atoms with Gasteiger partial charge in [-0.3, -0.25) is 18.9 Å². The van der Waals surface area contributed by atoms with E-state index in [4.69, 9.17) is 9.15 Å². The quantitative estimate of drug-likeness (QED) is 0.411. The van der Waals surface area contributed by atoms with E-state index < -0.39 is 0 Å². The van der Waals surface area contributed by atoms with Crippen molar-refractivity contribution in [2.75, 3.05) is 25.6 Å². The highest BCUT2D eigenvalue weighted by molar-refractivity contribution is 5.96. The molecule has 0 fully saturated rings. The van der Waals surface area contributed by atoms with Gasteiger partial charge >= 0.3 is 0 Å². The van der Waals surface area contributed by atoms with E-state index in [1.54, 1.807) is 66.2 Å². The number of likely N-dealkylation sites (N-methyl/N-ethyl adjacent to an activating group) is 1. The topological polar surface area (TPSA) is 80.3 Å². The highest BCUT2D eigenvalue weighted by atomic mass is 16.5. The van der Waals surface area contributed by atoms with Crippen molar-refractivity contribution in [1.82, 2.24) is 14.3 Å². The van der Waals surface area contributed by atoms with Gasteiger partial charge in [0.05, 0.1) is 24.1 Å². The van der Waals surface area contributed by atoms with Crippen LogP contribution in [0.3, 0.4) is 0 Å². The number of rotatable bonds is 8. The zero-order valence-corrected chi connectivity index (χ0v) is 18.9. The zero-order chi connectivity index (χ0) is 23.4. The van der Waals surface area contributed by atoms with Crippen LogP contribution in [0.5, 0.6) is 5.75 Å². The first kappa shape index (κ1) is 22.1. The van der Waals surface area contributed by atoms with E-state index in [9.17, 15) is 9.59 Å². The predicted molar refractivity (Wildman–Crippen MR) is 124 cm³/mol. The Morgan fingerprint density at radius 1 is 1.06 bits per heavy atom. The average molecular weight is 447 g/mol. The van der Waals surface area contributed by atoms with Gasteiger partial charge < -0.3 is 14.1 Å². The number of hydrogen-bond donors (Lipinski definition) is 0. The van der Waals surface area contributed by atoms with Gasteiger partial charge in [-0.1, -0.05) is 25.1 Å². The van der Waals surface area contributed by atoms with Crippen molar-refractivity contribution in [1.29, 1.82) is 0 Å². The van der Waals surface area contributed by atoms with E-state index in [1.165, 1.54) is 4.90 Å². The molecule has 4 aromatic rings. The van der Waals surface area contributed by atoms with Gasteiger partial charge in [-0.05, 0) is 42.8 Å². The van der Waals surface area contributed by atoms with Gasteiger partial charge in [-0.15, -0.1) is 0 Å². The summed E-state index contributed by atoms with van der Waals surface area (Å²) in [4.78, 5) is 33.7. The molecule has 0 aliphatic rings. The van der Waals surface area contributed by atoms with Crippen molar-refractivity contribution in [3.63, 3.8) is 0 Å². The van der Waals surface area contributed by atoms with Crippen molar-refractivity contribution >= 4 is 23.3 Å². The molecular formula is C25H26N4O4. The number of aryl methyl sites for hydroxylation is 1. The van der Waals surface area contributed by atoms with E-state index >= 15 is 0 Å². The number of carbonyl (C=O) groups is 2. The first-order chi connectivity index (χ1) is 16.0. The molecular weight excluding hydrogens is 420 g/mol. The van der Waals surface area contributed by atoms with Crippen LogP contribution >= 0.6 is 0 Å². The number of benzene rings is 1. The summed E-state index contributed by atoms with van der Waals surface area (Å²) in [7, 11) is 3.41. The third kappa shape index (κ3) is 4.74. The number of imidazole rings is 1.